The van der Waals surface area contributed by atoms with Crippen LogP contribution < -0.4 is 15.4 Å². The highest BCUT2D eigenvalue weighted by molar-refractivity contribution is 14.0. The van der Waals surface area contributed by atoms with Crippen LogP contribution in [0.25, 0.3) is 0 Å². The molecule has 2 aromatic rings. The van der Waals surface area contributed by atoms with Crippen LogP contribution in [-0.4, -0.2) is 43.1 Å². The van der Waals surface area contributed by atoms with Crippen LogP contribution in [0.2, 0.25) is 0 Å². The van der Waals surface area contributed by atoms with Crippen molar-refractivity contribution in [2.24, 2.45) is 12.0 Å². The zero-order chi connectivity index (χ0) is 21.4. The number of ether oxygens (including phenoxy) is 2. The molecule has 0 atom stereocenters. The lowest BCUT2D eigenvalue weighted by Crippen LogP contribution is -2.36. The van der Waals surface area contributed by atoms with Crippen LogP contribution in [0.1, 0.15) is 22.4 Å². The van der Waals surface area contributed by atoms with Crippen molar-refractivity contribution in [1.82, 2.24) is 20.4 Å². The normalized spacial score (nSPS) is 11.8. The Morgan fingerprint density at radius 2 is 1.83 bits per heavy atom. The second-order valence-corrected chi connectivity index (χ2v) is 6.41. The van der Waals surface area contributed by atoms with Gasteiger partial charge in [0.15, 0.2) is 11.7 Å². The molecule has 168 valence electrons. The van der Waals surface area contributed by atoms with Crippen LogP contribution in [0.15, 0.2) is 29.4 Å². The highest BCUT2D eigenvalue weighted by atomic mass is 127. The van der Waals surface area contributed by atoms with Gasteiger partial charge >= 0.3 is 6.18 Å². The van der Waals surface area contributed by atoms with Crippen molar-refractivity contribution < 1.29 is 22.6 Å². The number of hydrogen-bond acceptors (Lipinski definition) is 4. The van der Waals surface area contributed by atoms with E-state index in [9.17, 15) is 13.2 Å². The van der Waals surface area contributed by atoms with Crippen LogP contribution in [0.4, 0.5) is 13.2 Å². The summed E-state index contributed by atoms with van der Waals surface area (Å²) in [5.41, 5.74) is 1.09. The maximum atomic E-state index is 13.1. The average molecular weight is 541 g/mol. The number of nitrogens with zero attached hydrogens (tertiary/aromatic N) is 3. The summed E-state index contributed by atoms with van der Waals surface area (Å²) >= 11 is 0. The summed E-state index contributed by atoms with van der Waals surface area (Å²) in [6.07, 6.45) is -3.17. The molecule has 2 rings (SSSR count). The van der Waals surface area contributed by atoms with Crippen LogP contribution in [-0.2, 0) is 31.1 Å². The minimum absolute atomic E-state index is 0. The molecule has 0 radical (unpaired) electrons. The predicted molar refractivity (Wildman–Crippen MR) is 119 cm³/mol. The molecule has 7 nitrogen and oxygen atoms in total. The molecule has 1 aromatic carbocycles. The molecule has 0 aliphatic heterocycles. The van der Waals surface area contributed by atoms with Crippen LogP contribution in [0, 0.1) is 6.92 Å². The van der Waals surface area contributed by atoms with Crippen molar-refractivity contribution >= 4 is 29.9 Å². The van der Waals surface area contributed by atoms with E-state index in [0.717, 1.165) is 21.6 Å². The van der Waals surface area contributed by atoms with E-state index in [2.05, 4.69) is 20.7 Å². The summed E-state index contributed by atoms with van der Waals surface area (Å²) in [6, 6.07) is 5.82. The van der Waals surface area contributed by atoms with Crippen molar-refractivity contribution in [1.29, 1.82) is 0 Å². The third-order valence-corrected chi connectivity index (χ3v) is 4.06. The van der Waals surface area contributed by atoms with E-state index in [1.165, 1.54) is 13.2 Å². The monoisotopic (exact) mass is 541 g/mol. The fourth-order valence-electron chi connectivity index (χ4n) is 2.66. The van der Waals surface area contributed by atoms with Crippen molar-refractivity contribution in [3.05, 3.63) is 46.8 Å². The highest BCUT2D eigenvalue weighted by Gasteiger charge is 2.36. The van der Waals surface area contributed by atoms with Crippen LogP contribution in [0.3, 0.4) is 0 Å². The molecular formula is C19H27F3IN5O2. The number of aliphatic imine (C=N–C) groups is 1. The predicted octanol–water partition coefficient (Wildman–Crippen LogP) is 3.26. The summed E-state index contributed by atoms with van der Waals surface area (Å²) in [4.78, 5) is 4.06. The van der Waals surface area contributed by atoms with E-state index in [0.29, 0.717) is 25.7 Å². The van der Waals surface area contributed by atoms with E-state index in [-0.39, 0.29) is 36.1 Å². The number of alkyl halides is 3. The Bertz CT molecular complexity index is 840. The van der Waals surface area contributed by atoms with Gasteiger partial charge in [0.05, 0.1) is 6.61 Å². The third kappa shape index (κ3) is 7.67. The number of aryl methyl sites for hydroxylation is 2. The first-order valence-corrected chi connectivity index (χ1v) is 9.00. The number of rotatable bonds is 8. The van der Waals surface area contributed by atoms with E-state index < -0.39 is 11.9 Å². The molecule has 1 aromatic heterocycles. The second kappa shape index (κ2) is 12.0. The van der Waals surface area contributed by atoms with Gasteiger partial charge in [-0.1, -0.05) is 12.1 Å². The minimum atomic E-state index is -4.51. The van der Waals surface area contributed by atoms with Gasteiger partial charge in [0, 0.05) is 51.6 Å². The summed E-state index contributed by atoms with van der Waals surface area (Å²) < 4.78 is 51.1. The molecule has 0 amide bonds. The van der Waals surface area contributed by atoms with E-state index in [1.807, 2.05) is 25.1 Å². The SMILES string of the molecule is CN=C(NCc1ccc(C)cc1OCCOC)NCc1cn(C)nc1C(F)(F)F.I. The van der Waals surface area contributed by atoms with Gasteiger partial charge < -0.3 is 20.1 Å². The van der Waals surface area contributed by atoms with Crippen molar-refractivity contribution in [2.45, 2.75) is 26.2 Å². The van der Waals surface area contributed by atoms with Gasteiger partial charge in [-0.15, -0.1) is 24.0 Å². The van der Waals surface area contributed by atoms with Gasteiger partial charge in [0.2, 0.25) is 0 Å². The van der Waals surface area contributed by atoms with Crippen molar-refractivity contribution in [3.63, 3.8) is 0 Å². The second-order valence-electron chi connectivity index (χ2n) is 6.41. The lowest BCUT2D eigenvalue weighted by atomic mass is 10.1. The molecule has 0 spiro atoms. The molecular weight excluding hydrogens is 514 g/mol. The summed E-state index contributed by atoms with van der Waals surface area (Å²) in [6.45, 7) is 3.18. The lowest BCUT2D eigenvalue weighted by molar-refractivity contribution is -0.142. The highest BCUT2D eigenvalue weighted by Crippen LogP contribution is 2.30. The molecule has 11 heteroatoms. The summed E-state index contributed by atoms with van der Waals surface area (Å²) in [5.74, 6) is 1.09. The zero-order valence-corrected chi connectivity index (χ0v) is 19.7. The summed E-state index contributed by atoms with van der Waals surface area (Å²) in [5, 5.41) is 9.48. The largest absolute Gasteiger partial charge is 0.491 e. The summed E-state index contributed by atoms with van der Waals surface area (Å²) in [7, 11) is 4.60. The molecule has 0 unspecified atom stereocenters. The Kier molecular flexibility index (Phi) is 10.4. The first-order valence-electron chi connectivity index (χ1n) is 9.00. The fourth-order valence-corrected chi connectivity index (χ4v) is 2.66. The Balaban J connectivity index is 0.00000450. The number of nitrogens with one attached hydrogen (secondary N) is 2. The molecule has 0 aliphatic rings. The molecule has 1 heterocycles. The number of benzene rings is 1. The first-order chi connectivity index (χ1) is 13.7. The van der Waals surface area contributed by atoms with Gasteiger partial charge in [0.25, 0.3) is 0 Å². The maximum absolute atomic E-state index is 13.1. The molecule has 30 heavy (non-hydrogen) atoms. The number of methoxy groups -OCH3 is 1. The Morgan fingerprint density at radius 3 is 2.43 bits per heavy atom. The van der Waals surface area contributed by atoms with Crippen molar-refractivity contribution in [2.75, 3.05) is 27.4 Å². The molecule has 0 bridgehead atoms. The van der Waals surface area contributed by atoms with Crippen molar-refractivity contribution in [3.8, 4) is 5.75 Å². The fraction of sp³-hybridized carbons (Fsp3) is 0.474. The first kappa shape index (κ1) is 26.0. The van der Waals surface area contributed by atoms with Gasteiger partial charge in [-0.25, -0.2) is 0 Å². The Morgan fingerprint density at radius 1 is 1.17 bits per heavy atom. The average Bonchev–Trinajstić information content (AvgIpc) is 3.04. The standard InChI is InChI=1S/C19H26F3N5O2.HI/c1-13-5-6-14(16(9-13)29-8-7-28-4)10-24-18(23-2)25-11-15-12-27(3)26-17(15)19(20,21)22;/h5-6,9,12H,7-8,10-11H2,1-4H3,(H2,23,24,25);1H. The van der Waals surface area contributed by atoms with Gasteiger partial charge in [-0.2, -0.15) is 18.3 Å². The quantitative estimate of drug-likeness (QED) is 0.233. The minimum Gasteiger partial charge on any atom is -0.491 e. The van der Waals surface area contributed by atoms with Gasteiger partial charge in [-0.3, -0.25) is 9.67 Å². The van der Waals surface area contributed by atoms with E-state index in [1.54, 1.807) is 14.2 Å². The maximum Gasteiger partial charge on any atom is 0.435 e. The Hall–Kier alpha value is -2.02. The number of hydrogen-bond donors (Lipinski definition) is 2. The van der Waals surface area contributed by atoms with Crippen LogP contribution >= 0.6 is 24.0 Å². The van der Waals surface area contributed by atoms with Crippen LogP contribution in [0.5, 0.6) is 5.75 Å². The zero-order valence-electron chi connectivity index (χ0n) is 17.3. The number of aromatic nitrogens is 2. The molecule has 0 aliphatic carbocycles. The van der Waals surface area contributed by atoms with Gasteiger partial charge in [0.1, 0.15) is 12.4 Å². The molecule has 0 fully saturated rings. The lowest BCUT2D eigenvalue weighted by Gasteiger charge is -2.15. The smallest absolute Gasteiger partial charge is 0.435 e. The topological polar surface area (TPSA) is 72.7 Å². The third-order valence-electron chi connectivity index (χ3n) is 4.06. The van der Waals surface area contributed by atoms with Gasteiger partial charge in [-0.05, 0) is 18.6 Å². The number of guanidine groups is 1. The molecule has 0 saturated heterocycles. The molecule has 0 saturated carbocycles. The number of halogens is 4. The van der Waals surface area contributed by atoms with E-state index in [4.69, 9.17) is 9.47 Å². The molecule has 2 N–H and O–H groups in total. The Labute approximate surface area is 191 Å². The van der Waals surface area contributed by atoms with E-state index >= 15 is 0 Å².